The van der Waals surface area contributed by atoms with Crippen molar-refractivity contribution in [3.05, 3.63) is 75.2 Å². The number of rotatable bonds is 5. The Morgan fingerprint density at radius 1 is 1.15 bits per heavy atom. The van der Waals surface area contributed by atoms with Crippen LogP contribution in [0.2, 0.25) is 5.02 Å². The van der Waals surface area contributed by atoms with Crippen LogP contribution in [-0.4, -0.2) is 21.4 Å². The highest BCUT2D eigenvalue weighted by atomic mass is 35.5. The average Bonchev–Trinajstić information content (AvgIpc) is 2.68. The highest BCUT2D eigenvalue weighted by Gasteiger charge is 2.16. The maximum atomic E-state index is 12.7. The largest absolute Gasteiger partial charge is 0.292 e. The van der Waals surface area contributed by atoms with Gasteiger partial charge in [0.2, 0.25) is 0 Å². The molecule has 0 fully saturated rings. The first-order valence-electron chi connectivity index (χ1n) is 8.62. The monoisotopic (exact) mass is 382 g/mol. The van der Waals surface area contributed by atoms with E-state index < -0.39 is 5.91 Å². The first kappa shape index (κ1) is 18.8. The fourth-order valence-corrected chi connectivity index (χ4v) is 3.04. The number of carbonyl (C=O) groups excluding carboxylic acids is 1. The number of halogens is 1. The lowest BCUT2D eigenvalue weighted by molar-refractivity contribution is 0.0949. The summed E-state index contributed by atoms with van der Waals surface area (Å²) in [5, 5.41) is 9.90. The summed E-state index contributed by atoms with van der Waals surface area (Å²) in [6.07, 6.45) is 0.732. The van der Waals surface area contributed by atoms with E-state index in [0.29, 0.717) is 28.1 Å². The fraction of sp³-hybridized carbons (Fsp3) is 0.200. The molecule has 2 aromatic carbocycles. The van der Waals surface area contributed by atoms with Crippen molar-refractivity contribution in [2.75, 3.05) is 0 Å². The molecular formula is C20H19ClN4O2. The van der Waals surface area contributed by atoms with Crippen LogP contribution in [0.4, 0.5) is 0 Å². The summed E-state index contributed by atoms with van der Waals surface area (Å²) in [7, 11) is 0. The van der Waals surface area contributed by atoms with E-state index in [1.807, 2.05) is 25.1 Å². The maximum Gasteiger partial charge on any atom is 0.292 e. The predicted molar refractivity (Wildman–Crippen MR) is 107 cm³/mol. The Kier molecular flexibility index (Phi) is 5.66. The van der Waals surface area contributed by atoms with Gasteiger partial charge >= 0.3 is 0 Å². The summed E-state index contributed by atoms with van der Waals surface area (Å²) in [6, 6.07) is 14.2. The standard InChI is InChI=1S/C20H19ClN4O2/c1-3-12-25-20(27)16-10-5-4-9-15(16)18(24-25)19(26)23-22-13(2)14-8-6-7-11-17(14)21/h4-11H,3,12H2,1-2H3,(H,23,26)/b22-13+. The van der Waals surface area contributed by atoms with E-state index in [1.54, 1.807) is 37.3 Å². The number of aromatic nitrogens is 2. The first-order valence-corrected chi connectivity index (χ1v) is 9.00. The zero-order valence-corrected chi connectivity index (χ0v) is 15.8. The Balaban J connectivity index is 1.98. The van der Waals surface area contributed by atoms with Crippen molar-refractivity contribution in [2.24, 2.45) is 5.10 Å². The van der Waals surface area contributed by atoms with Crippen molar-refractivity contribution in [3.63, 3.8) is 0 Å². The summed E-state index contributed by atoms with van der Waals surface area (Å²) in [5.74, 6) is -0.484. The van der Waals surface area contributed by atoms with E-state index in [0.717, 1.165) is 12.0 Å². The normalized spacial score (nSPS) is 11.6. The molecule has 27 heavy (non-hydrogen) atoms. The molecule has 6 nitrogen and oxygen atoms in total. The van der Waals surface area contributed by atoms with E-state index in [-0.39, 0.29) is 11.3 Å². The molecule has 0 atom stereocenters. The van der Waals surface area contributed by atoms with Crippen LogP contribution in [-0.2, 0) is 6.54 Å². The quantitative estimate of drug-likeness (QED) is 0.541. The molecule has 7 heteroatoms. The van der Waals surface area contributed by atoms with Gasteiger partial charge in [-0.2, -0.15) is 10.2 Å². The Morgan fingerprint density at radius 2 is 1.81 bits per heavy atom. The Labute approximate surface area is 161 Å². The van der Waals surface area contributed by atoms with E-state index in [1.165, 1.54) is 4.68 Å². The molecule has 0 bridgehead atoms. The average molecular weight is 383 g/mol. The van der Waals surface area contributed by atoms with E-state index in [4.69, 9.17) is 11.6 Å². The van der Waals surface area contributed by atoms with E-state index in [9.17, 15) is 9.59 Å². The smallest absolute Gasteiger partial charge is 0.267 e. The minimum Gasteiger partial charge on any atom is -0.267 e. The number of aryl methyl sites for hydroxylation is 1. The van der Waals surface area contributed by atoms with Crippen LogP contribution in [0.1, 0.15) is 36.3 Å². The van der Waals surface area contributed by atoms with Gasteiger partial charge in [0.15, 0.2) is 5.69 Å². The second-order valence-electron chi connectivity index (χ2n) is 6.04. The molecule has 0 unspecified atom stereocenters. The third-order valence-electron chi connectivity index (χ3n) is 4.11. The molecule has 0 saturated heterocycles. The lowest BCUT2D eigenvalue weighted by Gasteiger charge is -2.10. The number of fused-ring (bicyclic) bond motifs is 1. The number of hydrazone groups is 1. The van der Waals surface area contributed by atoms with Gasteiger partial charge in [-0.15, -0.1) is 0 Å². The van der Waals surface area contributed by atoms with Gasteiger partial charge in [-0.3, -0.25) is 9.59 Å². The fourth-order valence-electron chi connectivity index (χ4n) is 2.77. The van der Waals surface area contributed by atoms with Gasteiger partial charge in [0.1, 0.15) is 0 Å². The number of carbonyl (C=O) groups is 1. The van der Waals surface area contributed by atoms with Gasteiger partial charge in [0.05, 0.1) is 11.1 Å². The molecule has 0 spiro atoms. The maximum absolute atomic E-state index is 12.7. The number of amides is 1. The summed E-state index contributed by atoms with van der Waals surface area (Å²) in [5.41, 5.74) is 3.77. The van der Waals surface area contributed by atoms with Crippen LogP contribution in [0, 0.1) is 0 Å². The molecular weight excluding hydrogens is 364 g/mol. The van der Waals surface area contributed by atoms with Crippen molar-refractivity contribution in [2.45, 2.75) is 26.8 Å². The molecule has 0 saturated carbocycles. The third kappa shape index (κ3) is 3.90. The van der Waals surface area contributed by atoms with Crippen LogP contribution < -0.4 is 11.0 Å². The Hall–Kier alpha value is -2.99. The summed E-state index contributed by atoms with van der Waals surface area (Å²) < 4.78 is 1.32. The molecule has 0 radical (unpaired) electrons. The van der Waals surface area contributed by atoms with Gasteiger partial charge in [0, 0.05) is 22.5 Å². The van der Waals surface area contributed by atoms with Crippen LogP contribution in [0.15, 0.2) is 58.4 Å². The predicted octanol–water partition coefficient (Wildman–Crippen LogP) is 3.61. The highest BCUT2D eigenvalue weighted by molar-refractivity contribution is 6.34. The van der Waals surface area contributed by atoms with Gasteiger partial charge in [-0.1, -0.05) is 54.9 Å². The second kappa shape index (κ2) is 8.14. The molecule has 1 N–H and O–H groups in total. The van der Waals surface area contributed by atoms with Crippen LogP contribution in [0.5, 0.6) is 0 Å². The number of hydrogen-bond donors (Lipinski definition) is 1. The first-order chi connectivity index (χ1) is 13.0. The van der Waals surface area contributed by atoms with E-state index in [2.05, 4.69) is 15.6 Å². The van der Waals surface area contributed by atoms with Gasteiger partial charge < -0.3 is 0 Å². The van der Waals surface area contributed by atoms with Crippen molar-refractivity contribution in [1.29, 1.82) is 0 Å². The van der Waals surface area contributed by atoms with Crippen LogP contribution in [0.25, 0.3) is 10.8 Å². The molecule has 1 aromatic heterocycles. The van der Waals surface area contributed by atoms with Crippen LogP contribution in [0.3, 0.4) is 0 Å². The molecule has 0 aliphatic rings. The molecule has 0 aliphatic carbocycles. The summed E-state index contributed by atoms with van der Waals surface area (Å²) in [6.45, 7) is 4.14. The number of nitrogens with one attached hydrogen (secondary N) is 1. The number of benzene rings is 2. The molecule has 3 aromatic rings. The minimum atomic E-state index is -0.484. The zero-order valence-electron chi connectivity index (χ0n) is 15.1. The SMILES string of the molecule is CCCn1nc(C(=O)N/N=C(\C)c2ccccc2Cl)c2ccccc2c1=O. The van der Waals surface area contributed by atoms with Gasteiger partial charge in [-0.05, 0) is 25.5 Å². The minimum absolute atomic E-state index is 0.161. The Morgan fingerprint density at radius 3 is 2.52 bits per heavy atom. The second-order valence-corrected chi connectivity index (χ2v) is 6.45. The zero-order chi connectivity index (χ0) is 19.4. The van der Waals surface area contributed by atoms with Crippen molar-refractivity contribution >= 4 is 34.0 Å². The number of hydrogen-bond acceptors (Lipinski definition) is 4. The Bertz CT molecular complexity index is 1090. The molecule has 1 heterocycles. The molecule has 3 rings (SSSR count). The van der Waals surface area contributed by atoms with Crippen molar-refractivity contribution < 1.29 is 4.79 Å². The van der Waals surface area contributed by atoms with Gasteiger partial charge in [0.25, 0.3) is 11.5 Å². The van der Waals surface area contributed by atoms with Crippen molar-refractivity contribution in [3.8, 4) is 0 Å². The van der Waals surface area contributed by atoms with Crippen LogP contribution >= 0.6 is 11.6 Å². The summed E-state index contributed by atoms with van der Waals surface area (Å²) >= 11 is 6.16. The lowest BCUT2D eigenvalue weighted by atomic mass is 10.1. The number of nitrogens with zero attached hydrogens (tertiary/aromatic N) is 3. The third-order valence-corrected chi connectivity index (χ3v) is 4.44. The van der Waals surface area contributed by atoms with Gasteiger partial charge in [-0.25, -0.2) is 10.1 Å². The lowest BCUT2D eigenvalue weighted by Crippen LogP contribution is -2.29. The van der Waals surface area contributed by atoms with E-state index >= 15 is 0 Å². The molecule has 1 amide bonds. The topological polar surface area (TPSA) is 76.3 Å². The van der Waals surface area contributed by atoms with Crippen molar-refractivity contribution in [1.82, 2.24) is 15.2 Å². The summed E-state index contributed by atoms with van der Waals surface area (Å²) in [4.78, 5) is 25.2. The molecule has 0 aliphatic heterocycles. The molecule has 138 valence electrons. The highest BCUT2D eigenvalue weighted by Crippen LogP contribution is 2.16.